The van der Waals surface area contributed by atoms with Gasteiger partial charge in [0, 0.05) is 5.92 Å². The summed E-state index contributed by atoms with van der Waals surface area (Å²) in [5.74, 6) is -1.57. The van der Waals surface area contributed by atoms with Crippen LogP contribution in [0.25, 0.3) is 0 Å². The summed E-state index contributed by atoms with van der Waals surface area (Å²) in [6.07, 6.45) is 3.58. The van der Waals surface area contributed by atoms with E-state index in [1.807, 2.05) is 19.1 Å². The zero-order valence-electron chi connectivity index (χ0n) is 8.10. The van der Waals surface area contributed by atoms with E-state index in [-0.39, 0.29) is 17.9 Å². The molecule has 4 nitrogen and oxygen atoms in total. The van der Waals surface area contributed by atoms with Crippen LogP contribution in [-0.2, 0) is 19.1 Å². The first-order valence-corrected chi connectivity index (χ1v) is 4.62. The first-order chi connectivity index (χ1) is 6.65. The molecular formula is C10H12O4. The van der Waals surface area contributed by atoms with E-state index >= 15 is 0 Å². The number of hydrogen-bond donors (Lipinski definition) is 0. The third-order valence-corrected chi connectivity index (χ3v) is 2.94. The van der Waals surface area contributed by atoms with Crippen molar-refractivity contribution in [2.24, 2.45) is 17.8 Å². The van der Waals surface area contributed by atoms with Crippen molar-refractivity contribution in [1.82, 2.24) is 0 Å². The van der Waals surface area contributed by atoms with Crippen molar-refractivity contribution in [3.8, 4) is 0 Å². The van der Waals surface area contributed by atoms with Crippen molar-refractivity contribution < 1.29 is 19.1 Å². The Balaban J connectivity index is 2.25. The number of carbonyl (C=O) groups excluding carboxylic acids is 2. The Morgan fingerprint density at radius 3 is 2.86 bits per heavy atom. The van der Waals surface area contributed by atoms with Gasteiger partial charge in [0.2, 0.25) is 0 Å². The smallest absolute Gasteiger partial charge is 0.321 e. The van der Waals surface area contributed by atoms with Gasteiger partial charge in [-0.25, -0.2) is 0 Å². The highest BCUT2D eigenvalue weighted by Crippen LogP contribution is 2.40. The number of allylic oxidation sites excluding steroid dienone is 1. The molecule has 0 N–H and O–H groups in total. The number of ether oxygens (including phenoxy) is 2. The molecule has 0 aromatic heterocycles. The third-order valence-electron chi connectivity index (χ3n) is 2.94. The van der Waals surface area contributed by atoms with Crippen LogP contribution in [-0.4, -0.2) is 25.2 Å². The van der Waals surface area contributed by atoms with Crippen molar-refractivity contribution in [2.75, 3.05) is 7.11 Å². The third kappa shape index (κ3) is 1.14. The second-order valence-corrected chi connectivity index (χ2v) is 3.72. The van der Waals surface area contributed by atoms with Gasteiger partial charge >= 0.3 is 11.9 Å². The van der Waals surface area contributed by atoms with E-state index in [4.69, 9.17) is 4.74 Å². The number of carbonyl (C=O) groups is 2. The van der Waals surface area contributed by atoms with Crippen LogP contribution in [0.3, 0.4) is 0 Å². The molecule has 0 unspecified atom stereocenters. The van der Waals surface area contributed by atoms with Crippen molar-refractivity contribution >= 4 is 11.9 Å². The Kier molecular flexibility index (Phi) is 2.06. The largest absolute Gasteiger partial charge is 0.468 e. The maximum Gasteiger partial charge on any atom is 0.321 e. The van der Waals surface area contributed by atoms with Gasteiger partial charge in [-0.2, -0.15) is 0 Å². The molecule has 14 heavy (non-hydrogen) atoms. The lowest BCUT2D eigenvalue weighted by Gasteiger charge is -2.16. The second kappa shape index (κ2) is 3.12. The van der Waals surface area contributed by atoms with E-state index in [2.05, 4.69) is 4.74 Å². The number of hydrogen-bond acceptors (Lipinski definition) is 4. The molecule has 4 heteroatoms. The van der Waals surface area contributed by atoms with Gasteiger partial charge < -0.3 is 9.47 Å². The summed E-state index contributed by atoms with van der Waals surface area (Å²) in [5.41, 5.74) is 0. The lowest BCUT2D eigenvalue weighted by Crippen LogP contribution is -2.30. The number of rotatable bonds is 1. The lowest BCUT2D eigenvalue weighted by atomic mass is 9.85. The molecule has 2 rings (SSSR count). The van der Waals surface area contributed by atoms with Gasteiger partial charge in [0.15, 0.2) is 5.92 Å². The van der Waals surface area contributed by atoms with Crippen molar-refractivity contribution in [3.63, 3.8) is 0 Å². The molecule has 0 saturated carbocycles. The van der Waals surface area contributed by atoms with Crippen LogP contribution in [0.4, 0.5) is 0 Å². The fourth-order valence-corrected chi connectivity index (χ4v) is 2.20. The predicted molar refractivity (Wildman–Crippen MR) is 47.2 cm³/mol. The van der Waals surface area contributed by atoms with Gasteiger partial charge in [0.1, 0.15) is 6.10 Å². The van der Waals surface area contributed by atoms with Gasteiger partial charge in [-0.3, -0.25) is 9.59 Å². The highest BCUT2D eigenvalue weighted by molar-refractivity contribution is 5.97. The lowest BCUT2D eigenvalue weighted by molar-refractivity contribution is -0.155. The summed E-state index contributed by atoms with van der Waals surface area (Å²) >= 11 is 0. The average molecular weight is 196 g/mol. The Morgan fingerprint density at radius 1 is 1.50 bits per heavy atom. The van der Waals surface area contributed by atoms with Crippen LogP contribution in [0.5, 0.6) is 0 Å². The molecule has 0 aromatic carbocycles. The van der Waals surface area contributed by atoms with Crippen molar-refractivity contribution in [3.05, 3.63) is 12.2 Å². The minimum atomic E-state index is -0.741. The summed E-state index contributed by atoms with van der Waals surface area (Å²) < 4.78 is 9.66. The maximum atomic E-state index is 11.4. The molecule has 1 heterocycles. The first-order valence-electron chi connectivity index (χ1n) is 4.62. The summed E-state index contributed by atoms with van der Waals surface area (Å²) in [4.78, 5) is 22.7. The molecule has 1 aliphatic heterocycles. The zero-order valence-corrected chi connectivity index (χ0v) is 8.10. The fourth-order valence-electron chi connectivity index (χ4n) is 2.20. The van der Waals surface area contributed by atoms with Gasteiger partial charge in [-0.1, -0.05) is 13.0 Å². The Bertz CT molecular complexity index is 307. The number of methoxy groups -OCH3 is 1. The number of esters is 2. The molecule has 1 aliphatic carbocycles. The quantitative estimate of drug-likeness (QED) is 0.348. The maximum absolute atomic E-state index is 11.4. The molecule has 1 saturated heterocycles. The van der Waals surface area contributed by atoms with Crippen LogP contribution >= 0.6 is 0 Å². The molecule has 0 aromatic rings. The van der Waals surface area contributed by atoms with E-state index in [0.717, 1.165) is 0 Å². The van der Waals surface area contributed by atoms with E-state index < -0.39 is 17.9 Å². The molecule has 76 valence electrons. The van der Waals surface area contributed by atoms with Gasteiger partial charge in [-0.05, 0) is 12.0 Å². The van der Waals surface area contributed by atoms with Crippen molar-refractivity contribution in [2.45, 2.75) is 13.0 Å². The monoisotopic (exact) mass is 196 g/mol. The molecule has 2 aliphatic rings. The van der Waals surface area contributed by atoms with Crippen LogP contribution in [0.1, 0.15) is 6.92 Å². The van der Waals surface area contributed by atoms with Crippen LogP contribution in [0.15, 0.2) is 12.2 Å². The first kappa shape index (κ1) is 9.24. The Morgan fingerprint density at radius 2 is 2.21 bits per heavy atom. The standard InChI is InChI=1S/C10H12O4/c1-5-3-4-6-7(5)8(9(11)13-2)10(12)14-6/h3-8H,1-2H3/t5-,6-,7+,8+/m0/s1. The summed E-state index contributed by atoms with van der Waals surface area (Å²) in [6, 6.07) is 0. The molecule has 0 bridgehead atoms. The molecule has 1 fully saturated rings. The Hall–Kier alpha value is -1.32. The molecule has 0 spiro atoms. The minimum Gasteiger partial charge on any atom is -0.468 e. The SMILES string of the molecule is COC(=O)[C@@H]1C(=O)O[C@H]2C=C[C@H](C)[C@@H]12. The highest BCUT2D eigenvalue weighted by Gasteiger charge is 2.52. The van der Waals surface area contributed by atoms with Gasteiger partial charge in [0.05, 0.1) is 7.11 Å². The summed E-state index contributed by atoms with van der Waals surface area (Å²) in [7, 11) is 1.29. The molecule has 4 atom stereocenters. The molecular weight excluding hydrogens is 184 g/mol. The normalized spacial score (nSPS) is 39.4. The van der Waals surface area contributed by atoms with E-state index in [1.54, 1.807) is 0 Å². The van der Waals surface area contributed by atoms with Gasteiger partial charge in [0.25, 0.3) is 0 Å². The van der Waals surface area contributed by atoms with Crippen LogP contribution in [0.2, 0.25) is 0 Å². The van der Waals surface area contributed by atoms with Crippen LogP contribution < -0.4 is 0 Å². The Labute approximate surface area is 81.9 Å². The van der Waals surface area contributed by atoms with Crippen LogP contribution in [0, 0.1) is 17.8 Å². The molecule has 0 amide bonds. The minimum absolute atomic E-state index is 0.0741. The topological polar surface area (TPSA) is 52.6 Å². The summed E-state index contributed by atoms with van der Waals surface area (Å²) in [5, 5.41) is 0. The van der Waals surface area contributed by atoms with E-state index in [0.29, 0.717) is 0 Å². The molecule has 0 radical (unpaired) electrons. The summed E-state index contributed by atoms with van der Waals surface area (Å²) in [6.45, 7) is 1.97. The van der Waals surface area contributed by atoms with Crippen molar-refractivity contribution in [1.29, 1.82) is 0 Å². The van der Waals surface area contributed by atoms with E-state index in [1.165, 1.54) is 7.11 Å². The van der Waals surface area contributed by atoms with E-state index in [9.17, 15) is 9.59 Å². The fraction of sp³-hybridized carbons (Fsp3) is 0.600. The highest BCUT2D eigenvalue weighted by atomic mass is 16.6. The second-order valence-electron chi connectivity index (χ2n) is 3.72. The predicted octanol–water partition coefficient (Wildman–Crippen LogP) is 0.523. The number of fused-ring (bicyclic) bond motifs is 1. The van der Waals surface area contributed by atoms with Gasteiger partial charge in [-0.15, -0.1) is 0 Å². The average Bonchev–Trinajstić information content (AvgIpc) is 2.65. The zero-order chi connectivity index (χ0) is 10.3.